The van der Waals surface area contributed by atoms with Gasteiger partial charge >= 0.3 is 6.03 Å². The number of methoxy groups -OCH3 is 1. The molecule has 1 aliphatic rings. The molecule has 1 saturated carbocycles. The van der Waals surface area contributed by atoms with Crippen molar-refractivity contribution in [2.24, 2.45) is 0 Å². The summed E-state index contributed by atoms with van der Waals surface area (Å²) in [6, 6.07) is 9.77. The fraction of sp³-hybridized carbons (Fsp3) is 0.429. The van der Waals surface area contributed by atoms with Gasteiger partial charge in [0, 0.05) is 25.0 Å². The van der Waals surface area contributed by atoms with Crippen molar-refractivity contribution < 1.29 is 14.3 Å². The summed E-state index contributed by atoms with van der Waals surface area (Å²) in [5, 5.41) is 15.0. The van der Waals surface area contributed by atoms with Crippen LogP contribution in [0.25, 0.3) is 0 Å². The number of benzene rings is 1. The van der Waals surface area contributed by atoms with Crippen LogP contribution in [0, 0.1) is 11.3 Å². The molecule has 2 aromatic rings. The molecule has 1 aromatic heterocycles. The number of nitrogens with zero attached hydrogens (tertiary/aromatic N) is 3. The number of carbonyl (C=O) groups excluding carboxylic acids is 1. The lowest BCUT2D eigenvalue weighted by Crippen LogP contribution is -2.45. The minimum Gasteiger partial charge on any atom is -0.497 e. The van der Waals surface area contributed by atoms with Gasteiger partial charge in [0.25, 0.3) is 5.88 Å². The average Bonchev–Trinajstić information content (AvgIpc) is 2.76. The first-order valence-electron chi connectivity index (χ1n) is 9.73. The van der Waals surface area contributed by atoms with E-state index in [2.05, 4.69) is 20.6 Å². The number of nitriles is 1. The van der Waals surface area contributed by atoms with Crippen LogP contribution < -0.4 is 20.1 Å². The zero-order valence-corrected chi connectivity index (χ0v) is 16.4. The fourth-order valence-electron chi connectivity index (χ4n) is 3.32. The summed E-state index contributed by atoms with van der Waals surface area (Å²) in [6.07, 6.45) is 6.94. The molecular weight excluding hydrogens is 370 g/mol. The molecule has 0 unspecified atom stereocenters. The first-order chi connectivity index (χ1) is 14.2. The van der Waals surface area contributed by atoms with Gasteiger partial charge in [-0.1, -0.05) is 12.1 Å². The molecule has 1 fully saturated rings. The molecule has 0 radical (unpaired) electrons. The third-order valence-corrected chi connectivity index (χ3v) is 4.92. The van der Waals surface area contributed by atoms with Gasteiger partial charge in [0.1, 0.15) is 17.9 Å². The number of aromatic nitrogens is 2. The number of ether oxygens (including phenoxy) is 2. The van der Waals surface area contributed by atoms with Crippen LogP contribution in [0.2, 0.25) is 0 Å². The van der Waals surface area contributed by atoms with E-state index in [9.17, 15) is 4.79 Å². The molecule has 8 nitrogen and oxygen atoms in total. The van der Waals surface area contributed by atoms with Crippen LogP contribution >= 0.6 is 0 Å². The second kappa shape index (κ2) is 10.3. The molecule has 0 atom stereocenters. The molecule has 1 aliphatic carbocycles. The highest BCUT2D eigenvalue weighted by Crippen LogP contribution is 2.23. The molecule has 152 valence electrons. The number of carbonyl (C=O) groups is 1. The highest BCUT2D eigenvalue weighted by Gasteiger charge is 2.24. The molecule has 3 rings (SSSR count). The van der Waals surface area contributed by atoms with Gasteiger partial charge in [0.2, 0.25) is 5.69 Å². The van der Waals surface area contributed by atoms with Crippen molar-refractivity contribution in [1.29, 1.82) is 5.26 Å². The molecule has 29 heavy (non-hydrogen) atoms. The van der Waals surface area contributed by atoms with Crippen LogP contribution in [0.3, 0.4) is 0 Å². The number of nitrogens with one attached hydrogen (secondary N) is 2. The van der Waals surface area contributed by atoms with Crippen molar-refractivity contribution >= 4 is 6.03 Å². The summed E-state index contributed by atoms with van der Waals surface area (Å²) in [4.78, 5) is 20.2. The van der Waals surface area contributed by atoms with E-state index < -0.39 is 0 Å². The normalized spacial score (nSPS) is 18.3. The SMILES string of the molecule is COc1ccc(CCNC(=O)NC2CCC(Oc3nccnc3C#N)CC2)cc1. The Morgan fingerprint density at radius 3 is 2.59 bits per heavy atom. The Morgan fingerprint density at radius 2 is 1.90 bits per heavy atom. The quantitative estimate of drug-likeness (QED) is 0.746. The van der Waals surface area contributed by atoms with Gasteiger partial charge in [-0.2, -0.15) is 5.26 Å². The van der Waals surface area contributed by atoms with Gasteiger partial charge in [0.05, 0.1) is 7.11 Å². The Hall–Kier alpha value is -3.34. The van der Waals surface area contributed by atoms with E-state index in [1.165, 1.54) is 12.4 Å². The Morgan fingerprint density at radius 1 is 1.17 bits per heavy atom. The van der Waals surface area contributed by atoms with Gasteiger partial charge in [-0.05, 0) is 49.8 Å². The topological polar surface area (TPSA) is 109 Å². The predicted molar refractivity (Wildman–Crippen MR) is 107 cm³/mol. The van der Waals surface area contributed by atoms with Crippen molar-refractivity contribution in [3.8, 4) is 17.7 Å². The minimum absolute atomic E-state index is 0.0185. The zero-order valence-electron chi connectivity index (χ0n) is 16.4. The second-order valence-corrected chi connectivity index (χ2v) is 6.91. The van der Waals surface area contributed by atoms with E-state index in [1.54, 1.807) is 7.11 Å². The molecule has 1 aromatic carbocycles. The van der Waals surface area contributed by atoms with E-state index in [4.69, 9.17) is 14.7 Å². The number of hydrogen-bond acceptors (Lipinski definition) is 6. The molecule has 0 bridgehead atoms. The first-order valence-corrected chi connectivity index (χ1v) is 9.73. The molecule has 2 N–H and O–H groups in total. The molecule has 8 heteroatoms. The van der Waals surface area contributed by atoms with Crippen LogP contribution in [0.4, 0.5) is 4.79 Å². The summed E-state index contributed by atoms with van der Waals surface area (Å²) in [5.41, 5.74) is 1.34. The van der Waals surface area contributed by atoms with Crippen molar-refractivity contribution in [3.63, 3.8) is 0 Å². The summed E-state index contributed by atoms with van der Waals surface area (Å²) < 4.78 is 11.0. The van der Waals surface area contributed by atoms with Gasteiger partial charge in [-0.3, -0.25) is 0 Å². The molecular formula is C21H25N5O3. The van der Waals surface area contributed by atoms with Gasteiger partial charge < -0.3 is 20.1 Å². The maximum absolute atomic E-state index is 12.1. The van der Waals surface area contributed by atoms with Crippen molar-refractivity contribution in [3.05, 3.63) is 47.9 Å². The Balaban J connectivity index is 1.35. The monoisotopic (exact) mass is 395 g/mol. The standard InChI is InChI=1S/C21H25N5O3/c1-28-17-6-2-15(3-7-17)10-11-25-21(27)26-16-4-8-18(9-5-16)29-20-19(14-22)23-12-13-24-20/h2-3,6-7,12-13,16,18H,4-5,8-11H2,1H3,(H2,25,26,27). The Labute approximate surface area is 170 Å². The summed E-state index contributed by atoms with van der Waals surface area (Å²) >= 11 is 0. The van der Waals surface area contributed by atoms with Gasteiger partial charge in [-0.15, -0.1) is 0 Å². The van der Waals surface area contributed by atoms with Crippen molar-refractivity contribution in [2.75, 3.05) is 13.7 Å². The van der Waals surface area contributed by atoms with Crippen LogP contribution in [-0.4, -0.2) is 41.8 Å². The maximum atomic E-state index is 12.1. The summed E-state index contributed by atoms with van der Waals surface area (Å²) in [6.45, 7) is 0.570. The van der Waals surface area contributed by atoms with Crippen LogP contribution in [0.5, 0.6) is 11.6 Å². The smallest absolute Gasteiger partial charge is 0.315 e. The molecule has 0 saturated heterocycles. The molecule has 0 spiro atoms. The van der Waals surface area contributed by atoms with Crippen molar-refractivity contribution in [2.45, 2.75) is 44.2 Å². The van der Waals surface area contributed by atoms with E-state index in [-0.39, 0.29) is 29.8 Å². The highest BCUT2D eigenvalue weighted by molar-refractivity contribution is 5.74. The Kier molecular flexibility index (Phi) is 7.22. The molecule has 2 amide bonds. The first kappa shape index (κ1) is 20.4. The predicted octanol–water partition coefficient (Wildman–Crippen LogP) is 2.59. The van der Waals surface area contributed by atoms with E-state index >= 15 is 0 Å². The average molecular weight is 395 g/mol. The van der Waals surface area contributed by atoms with Crippen LogP contribution in [0.15, 0.2) is 36.7 Å². The molecule has 0 aliphatic heterocycles. The number of rotatable bonds is 7. The van der Waals surface area contributed by atoms with E-state index in [1.807, 2.05) is 30.3 Å². The van der Waals surface area contributed by atoms with Crippen LogP contribution in [0.1, 0.15) is 36.9 Å². The van der Waals surface area contributed by atoms with Gasteiger partial charge in [-0.25, -0.2) is 14.8 Å². The zero-order chi connectivity index (χ0) is 20.5. The fourth-order valence-corrected chi connectivity index (χ4v) is 3.32. The highest BCUT2D eigenvalue weighted by atomic mass is 16.5. The second-order valence-electron chi connectivity index (χ2n) is 6.91. The minimum atomic E-state index is -0.149. The van der Waals surface area contributed by atoms with Crippen molar-refractivity contribution in [1.82, 2.24) is 20.6 Å². The number of amides is 2. The molecule has 1 heterocycles. The van der Waals surface area contributed by atoms with Crippen LogP contribution in [-0.2, 0) is 6.42 Å². The van der Waals surface area contributed by atoms with Gasteiger partial charge in [0.15, 0.2) is 0 Å². The summed E-state index contributed by atoms with van der Waals surface area (Å²) in [5.74, 6) is 1.10. The summed E-state index contributed by atoms with van der Waals surface area (Å²) in [7, 11) is 1.64. The Bertz CT molecular complexity index is 842. The van der Waals surface area contributed by atoms with E-state index in [0.29, 0.717) is 6.54 Å². The lowest BCUT2D eigenvalue weighted by atomic mass is 9.93. The third-order valence-electron chi connectivity index (χ3n) is 4.92. The number of hydrogen-bond donors (Lipinski definition) is 2. The lowest BCUT2D eigenvalue weighted by Gasteiger charge is -2.29. The largest absolute Gasteiger partial charge is 0.497 e. The van der Waals surface area contributed by atoms with E-state index in [0.717, 1.165) is 43.4 Å². The maximum Gasteiger partial charge on any atom is 0.315 e. The third kappa shape index (κ3) is 6.07. The lowest BCUT2D eigenvalue weighted by molar-refractivity contribution is 0.134. The number of urea groups is 1.